The molecule has 2 heteroatoms. The maximum atomic E-state index is 12.6. The van der Waals surface area contributed by atoms with Crippen LogP contribution >= 0.6 is 0 Å². The van der Waals surface area contributed by atoms with Crippen molar-refractivity contribution >= 4 is 5.78 Å². The highest BCUT2D eigenvalue weighted by atomic mass is 19.1. The number of rotatable bonds is 4. The zero-order valence-corrected chi connectivity index (χ0v) is 8.59. The summed E-state index contributed by atoms with van der Waals surface area (Å²) >= 11 is 0. The smallest absolute Gasteiger partial charge is 0.165 e. The number of benzene rings is 1. The Morgan fingerprint density at radius 1 is 1.36 bits per heavy atom. The molecule has 0 bridgehead atoms. The third-order valence-corrected chi connectivity index (χ3v) is 2.30. The van der Waals surface area contributed by atoms with E-state index in [2.05, 4.69) is 6.92 Å². The number of carbonyl (C=O) groups excluding carboxylic acids is 1. The Morgan fingerprint density at radius 2 is 1.93 bits per heavy atom. The second-order valence-corrected chi connectivity index (χ2v) is 3.56. The molecule has 0 aromatic heterocycles. The maximum absolute atomic E-state index is 12.6. The van der Waals surface area contributed by atoms with Crippen LogP contribution in [0.2, 0.25) is 0 Å². The first-order valence-electron chi connectivity index (χ1n) is 4.95. The van der Waals surface area contributed by atoms with Crippen molar-refractivity contribution in [3.8, 4) is 0 Å². The zero-order valence-electron chi connectivity index (χ0n) is 8.59. The topological polar surface area (TPSA) is 17.1 Å². The van der Waals surface area contributed by atoms with Crippen LogP contribution < -0.4 is 0 Å². The van der Waals surface area contributed by atoms with Gasteiger partial charge in [-0.25, -0.2) is 4.39 Å². The average Bonchev–Trinajstić information content (AvgIpc) is 2.18. The van der Waals surface area contributed by atoms with E-state index < -0.39 is 0 Å². The van der Waals surface area contributed by atoms with E-state index in [4.69, 9.17) is 0 Å². The lowest BCUT2D eigenvalue weighted by Gasteiger charge is -2.08. The third-order valence-electron chi connectivity index (χ3n) is 2.30. The number of halogens is 1. The van der Waals surface area contributed by atoms with Gasteiger partial charge in [0, 0.05) is 11.5 Å². The Hall–Kier alpha value is -1.18. The summed E-state index contributed by atoms with van der Waals surface area (Å²) in [4.78, 5) is 11.7. The molecule has 1 aromatic rings. The van der Waals surface area contributed by atoms with Crippen LogP contribution in [-0.2, 0) is 0 Å². The molecule has 0 fully saturated rings. The molecule has 0 aliphatic heterocycles. The van der Waals surface area contributed by atoms with Crippen LogP contribution in [0, 0.1) is 11.7 Å². The minimum absolute atomic E-state index is 0.0328. The van der Waals surface area contributed by atoms with E-state index >= 15 is 0 Å². The molecule has 0 heterocycles. The van der Waals surface area contributed by atoms with Crippen LogP contribution in [0.25, 0.3) is 0 Å². The van der Waals surface area contributed by atoms with Crippen LogP contribution in [-0.4, -0.2) is 5.78 Å². The lowest BCUT2D eigenvalue weighted by molar-refractivity contribution is 0.0923. The van der Waals surface area contributed by atoms with Crippen molar-refractivity contribution < 1.29 is 9.18 Å². The molecule has 1 rings (SSSR count). The molecular formula is C12H15FO. The summed E-state index contributed by atoms with van der Waals surface area (Å²) in [6.07, 6.45) is 1.88. The number of hydrogen-bond acceptors (Lipinski definition) is 1. The summed E-state index contributed by atoms with van der Waals surface area (Å²) in [5, 5.41) is 0. The number of Topliss-reactive ketones (excluding diaryl/α,β-unsaturated/α-hetero) is 1. The average molecular weight is 194 g/mol. The van der Waals surface area contributed by atoms with E-state index in [1.807, 2.05) is 6.92 Å². The van der Waals surface area contributed by atoms with Gasteiger partial charge in [-0.1, -0.05) is 20.3 Å². The summed E-state index contributed by atoms with van der Waals surface area (Å²) in [6.45, 7) is 3.96. The molecule has 1 atom stereocenters. The van der Waals surface area contributed by atoms with Gasteiger partial charge in [0.2, 0.25) is 0 Å². The first-order valence-corrected chi connectivity index (χ1v) is 4.95. The van der Waals surface area contributed by atoms with Crippen molar-refractivity contribution in [2.75, 3.05) is 0 Å². The van der Waals surface area contributed by atoms with Gasteiger partial charge in [-0.2, -0.15) is 0 Å². The lowest BCUT2D eigenvalue weighted by Crippen LogP contribution is -2.10. The van der Waals surface area contributed by atoms with E-state index in [-0.39, 0.29) is 17.5 Å². The molecule has 76 valence electrons. The predicted octanol–water partition coefficient (Wildman–Crippen LogP) is 3.44. The van der Waals surface area contributed by atoms with Crippen molar-refractivity contribution in [2.45, 2.75) is 26.7 Å². The summed E-state index contributed by atoms with van der Waals surface area (Å²) in [5.74, 6) is -0.165. The first kappa shape index (κ1) is 10.9. The Kier molecular flexibility index (Phi) is 3.81. The zero-order chi connectivity index (χ0) is 10.6. The molecule has 0 aliphatic carbocycles. The minimum atomic E-state index is -0.301. The summed E-state index contributed by atoms with van der Waals surface area (Å²) < 4.78 is 12.6. The molecule has 0 spiro atoms. The monoisotopic (exact) mass is 194 g/mol. The molecule has 0 saturated heterocycles. The number of ketones is 1. The number of carbonyl (C=O) groups is 1. The van der Waals surface area contributed by atoms with Crippen LogP contribution in [0.4, 0.5) is 4.39 Å². The fourth-order valence-corrected chi connectivity index (χ4v) is 1.46. The molecule has 1 nitrogen and oxygen atoms in total. The molecule has 1 unspecified atom stereocenters. The molecule has 0 aliphatic rings. The minimum Gasteiger partial charge on any atom is -0.294 e. The normalized spacial score (nSPS) is 12.5. The molecule has 0 N–H and O–H groups in total. The van der Waals surface area contributed by atoms with Gasteiger partial charge >= 0.3 is 0 Å². The summed E-state index contributed by atoms with van der Waals surface area (Å²) in [7, 11) is 0. The first-order chi connectivity index (χ1) is 6.65. The van der Waals surface area contributed by atoms with Gasteiger partial charge in [0.05, 0.1) is 0 Å². The van der Waals surface area contributed by atoms with E-state index in [1.165, 1.54) is 12.1 Å². The van der Waals surface area contributed by atoms with E-state index in [0.717, 1.165) is 12.8 Å². The van der Waals surface area contributed by atoms with Gasteiger partial charge in [0.25, 0.3) is 0 Å². The molecule has 0 saturated carbocycles. The Bertz CT molecular complexity index is 303. The third kappa shape index (κ3) is 2.66. The van der Waals surface area contributed by atoms with E-state index in [1.54, 1.807) is 12.1 Å². The van der Waals surface area contributed by atoms with E-state index in [0.29, 0.717) is 5.56 Å². The van der Waals surface area contributed by atoms with Crippen LogP contribution in [0.3, 0.4) is 0 Å². The fraction of sp³-hybridized carbons (Fsp3) is 0.417. The Balaban J connectivity index is 2.74. The second kappa shape index (κ2) is 4.89. The predicted molar refractivity (Wildman–Crippen MR) is 54.8 cm³/mol. The molecule has 0 amide bonds. The van der Waals surface area contributed by atoms with Crippen molar-refractivity contribution in [2.24, 2.45) is 5.92 Å². The second-order valence-electron chi connectivity index (χ2n) is 3.56. The largest absolute Gasteiger partial charge is 0.294 e. The highest BCUT2D eigenvalue weighted by Crippen LogP contribution is 2.13. The summed E-state index contributed by atoms with van der Waals surface area (Å²) in [6, 6.07) is 5.74. The standard InChI is InChI=1S/C12H15FO/c1-3-4-9(2)12(14)10-5-7-11(13)8-6-10/h5-9H,3-4H2,1-2H3. The SMILES string of the molecule is CCCC(C)C(=O)c1ccc(F)cc1. The molecular weight excluding hydrogens is 179 g/mol. The van der Waals surface area contributed by atoms with E-state index in [9.17, 15) is 9.18 Å². The molecule has 0 radical (unpaired) electrons. The van der Waals surface area contributed by atoms with Gasteiger partial charge < -0.3 is 0 Å². The van der Waals surface area contributed by atoms with Crippen molar-refractivity contribution in [1.82, 2.24) is 0 Å². The van der Waals surface area contributed by atoms with Gasteiger partial charge in [0.1, 0.15) is 5.82 Å². The highest BCUT2D eigenvalue weighted by Gasteiger charge is 2.13. The Labute approximate surface area is 83.9 Å². The van der Waals surface area contributed by atoms with Crippen molar-refractivity contribution in [3.63, 3.8) is 0 Å². The van der Waals surface area contributed by atoms with Crippen LogP contribution in [0.1, 0.15) is 37.0 Å². The van der Waals surface area contributed by atoms with Crippen molar-refractivity contribution in [1.29, 1.82) is 0 Å². The quantitative estimate of drug-likeness (QED) is 0.671. The molecule has 14 heavy (non-hydrogen) atoms. The van der Waals surface area contributed by atoms with Crippen molar-refractivity contribution in [3.05, 3.63) is 35.6 Å². The Morgan fingerprint density at radius 3 is 2.43 bits per heavy atom. The lowest BCUT2D eigenvalue weighted by atomic mass is 9.95. The fourth-order valence-electron chi connectivity index (χ4n) is 1.46. The van der Waals surface area contributed by atoms with Crippen LogP contribution in [0.5, 0.6) is 0 Å². The van der Waals surface area contributed by atoms with Gasteiger partial charge in [-0.15, -0.1) is 0 Å². The highest BCUT2D eigenvalue weighted by molar-refractivity contribution is 5.97. The van der Waals surface area contributed by atoms with Crippen LogP contribution in [0.15, 0.2) is 24.3 Å². The number of hydrogen-bond donors (Lipinski definition) is 0. The van der Waals surface area contributed by atoms with Gasteiger partial charge in [-0.3, -0.25) is 4.79 Å². The summed E-state index contributed by atoms with van der Waals surface area (Å²) in [5.41, 5.74) is 0.604. The molecule has 1 aromatic carbocycles. The maximum Gasteiger partial charge on any atom is 0.165 e. The van der Waals surface area contributed by atoms with Gasteiger partial charge in [-0.05, 0) is 30.7 Å². The van der Waals surface area contributed by atoms with Gasteiger partial charge in [0.15, 0.2) is 5.78 Å².